The minimum Gasteiger partial charge on any atom is -0.497 e. The van der Waals surface area contributed by atoms with Crippen LogP contribution in [0.3, 0.4) is 0 Å². The fraction of sp³-hybridized carbons (Fsp3) is 0.333. The predicted octanol–water partition coefficient (Wildman–Crippen LogP) is 3.09. The molecule has 3 rings (SSSR count). The SMILES string of the molecule is COc1ccc(OC)c(S(=O)(=O)N2CC(C)Cc3ccccc32)c1. The van der Waals surface area contributed by atoms with Crippen LogP contribution in [0.5, 0.6) is 11.5 Å². The van der Waals surface area contributed by atoms with Gasteiger partial charge in [0.25, 0.3) is 10.0 Å². The Bertz CT molecular complexity index is 848. The Hall–Kier alpha value is -2.21. The van der Waals surface area contributed by atoms with E-state index in [0.717, 1.165) is 17.7 Å². The van der Waals surface area contributed by atoms with Crippen molar-refractivity contribution in [3.05, 3.63) is 48.0 Å². The van der Waals surface area contributed by atoms with Gasteiger partial charge in [-0.1, -0.05) is 25.1 Å². The fourth-order valence-corrected chi connectivity index (χ4v) is 4.88. The molecule has 2 aromatic rings. The van der Waals surface area contributed by atoms with Crippen LogP contribution in [0.1, 0.15) is 12.5 Å². The molecule has 0 radical (unpaired) electrons. The van der Waals surface area contributed by atoms with Crippen LogP contribution in [0.25, 0.3) is 0 Å². The van der Waals surface area contributed by atoms with Crippen molar-refractivity contribution >= 4 is 15.7 Å². The van der Waals surface area contributed by atoms with E-state index in [9.17, 15) is 8.42 Å². The predicted molar refractivity (Wildman–Crippen MR) is 93.4 cm³/mol. The molecule has 24 heavy (non-hydrogen) atoms. The summed E-state index contributed by atoms with van der Waals surface area (Å²) in [4.78, 5) is 0.119. The summed E-state index contributed by atoms with van der Waals surface area (Å²) in [5.74, 6) is 1.03. The van der Waals surface area contributed by atoms with Gasteiger partial charge in [0, 0.05) is 12.6 Å². The van der Waals surface area contributed by atoms with E-state index in [2.05, 4.69) is 6.92 Å². The lowest BCUT2D eigenvalue weighted by Gasteiger charge is -2.34. The van der Waals surface area contributed by atoms with Gasteiger partial charge in [-0.05, 0) is 36.1 Å². The first-order valence-corrected chi connectivity index (χ1v) is 9.24. The normalized spacial score (nSPS) is 17.3. The summed E-state index contributed by atoms with van der Waals surface area (Å²) in [5.41, 5.74) is 1.78. The lowest BCUT2D eigenvalue weighted by molar-refractivity contribution is 0.392. The van der Waals surface area contributed by atoms with E-state index in [1.807, 2.05) is 24.3 Å². The molecule has 1 unspecified atom stereocenters. The zero-order valence-electron chi connectivity index (χ0n) is 14.0. The summed E-state index contributed by atoms with van der Waals surface area (Å²) in [5, 5.41) is 0. The van der Waals surface area contributed by atoms with Crippen LogP contribution in [-0.4, -0.2) is 29.2 Å². The van der Waals surface area contributed by atoms with Gasteiger partial charge in [0.15, 0.2) is 0 Å². The maximum absolute atomic E-state index is 13.3. The number of methoxy groups -OCH3 is 2. The van der Waals surface area contributed by atoms with Crippen LogP contribution in [0.15, 0.2) is 47.4 Å². The van der Waals surface area contributed by atoms with Crippen molar-refractivity contribution < 1.29 is 17.9 Å². The molecule has 0 bridgehead atoms. The van der Waals surface area contributed by atoms with Crippen LogP contribution in [0.2, 0.25) is 0 Å². The van der Waals surface area contributed by atoms with Gasteiger partial charge < -0.3 is 9.47 Å². The minimum atomic E-state index is -3.76. The molecule has 2 aromatic carbocycles. The van der Waals surface area contributed by atoms with Gasteiger partial charge >= 0.3 is 0 Å². The zero-order chi connectivity index (χ0) is 17.3. The van der Waals surface area contributed by atoms with Crippen LogP contribution in [0.4, 0.5) is 5.69 Å². The van der Waals surface area contributed by atoms with Crippen LogP contribution in [-0.2, 0) is 16.4 Å². The van der Waals surface area contributed by atoms with Crippen molar-refractivity contribution in [2.75, 3.05) is 25.1 Å². The summed E-state index contributed by atoms with van der Waals surface area (Å²) in [6.07, 6.45) is 0.872. The minimum absolute atomic E-state index is 0.119. The van der Waals surface area contributed by atoms with Crippen molar-refractivity contribution in [1.82, 2.24) is 0 Å². The third kappa shape index (κ3) is 2.82. The molecule has 5 nitrogen and oxygen atoms in total. The second-order valence-electron chi connectivity index (χ2n) is 5.99. The second-order valence-corrected chi connectivity index (χ2v) is 7.82. The number of hydrogen-bond acceptors (Lipinski definition) is 4. The first kappa shape index (κ1) is 16.6. The highest BCUT2D eigenvalue weighted by Crippen LogP contribution is 2.37. The number of benzene rings is 2. The Kier molecular flexibility index (Phi) is 4.41. The topological polar surface area (TPSA) is 55.8 Å². The smallest absolute Gasteiger partial charge is 0.268 e. The maximum Gasteiger partial charge on any atom is 0.268 e. The molecule has 0 saturated carbocycles. The average Bonchev–Trinajstić information content (AvgIpc) is 2.60. The van der Waals surface area contributed by atoms with Gasteiger partial charge in [-0.3, -0.25) is 4.31 Å². The molecule has 0 N–H and O–H groups in total. The molecule has 0 aromatic heterocycles. The summed E-state index contributed by atoms with van der Waals surface area (Å²) in [6, 6.07) is 12.4. The van der Waals surface area contributed by atoms with Gasteiger partial charge in [-0.2, -0.15) is 0 Å². The summed E-state index contributed by atoms with van der Waals surface area (Å²) >= 11 is 0. The number of ether oxygens (including phenoxy) is 2. The van der Waals surface area contributed by atoms with Gasteiger partial charge in [-0.25, -0.2) is 8.42 Å². The monoisotopic (exact) mass is 347 g/mol. The summed E-state index contributed by atoms with van der Waals surface area (Å²) < 4.78 is 38.6. The van der Waals surface area contributed by atoms with Gasteiger partial charge in [0.05, 0.1) is 19.9 Å². The molecular formula is C18H21NO4S. The third-order valence-corrected chi connectivity index (χ3v) is 6.05. The van der Waals surface area contributed by atoms with Crippen molar-refractivity contribution in [1.29, 1.82) is 0 Å². The van der Waals surface area contributed by atoms with E-state index in [1.54, 1.807) is 12.1 Å². The Balaban J connectivity index is 2.15. The zero-order valence-corrected chi connectivity index (χ0v) is 14.8. The average molecular weight is 347 g/mol. The molecule has 0 saturated heterocycles. The Morgan fingerprint density at radius 3 is 2.54 bits per heavy atom. The fourth-order valence-electron chi connectivity index (χ4n) is 3.08. The van der Waals surface area contributed by atoms with Gasteiger partial charge in [-0.15, -0.1) is 0 Å². The molecule has 6 heteroatoms. The Morgan fingerprint density at radius 1 is 1.08 bits per heavy atom. The quantitative estimate of drug-likeness (QED) is 0.853. The largest absolute Gasteiger partial charge is 0.497 e. The number of para-hydroxylation sites is 1. The van der Waals surface area contributed by atoms with E-state index >= 15 is 0 Å². The molecule has 0 aliphatic carbocycles. The molecule has 128 valence electrons. The molecule has 0 spiro atoms. The van der Waals surface area contributed by atoms with E-state index < -0.39 is 10.0 Å². The van der Waals surface area contributed by atoms with E-state index in [-0.39, 0.29) is 10.8 Å². The highest BCUT2D eigenvalue weighted by atomic mass is 32.2. The molecule has 0 amide bonds. The second kappa shape index (κ2) is 6.36. The lowest BCUT2D eigenvalue weighted by Crippen LogP contribution is -2.39. The van der Waals surface area contributed by atoms with Gasteiger partial charge in [0.1, 0.15) is 16.4 Å². The first-order valence-electron chi connectivity index (χ1n) is 7.80. The number of hydrogen-bond donors (Lipinski definition) is 0. The van der Waals surface area contributed by atoms with Crippen molar-refractivity contribution in [2.24, 2.45) is 5.92 Å². The van der Waals surface area contributed by atoms with Crippen molar-refractivity contribution in [3.63, 3.8) is 0 Å². The molecule has 0 fully saturated rings. The molecule has 1 heterocycles. The number of sulfonamides is 1. The number of rotatable bonds is 4. The standard InChI is InChI=1S/C18H21NO4S/c1-13-10-14-6-4-5-7-16(14)19(12-13)24(20,21)18-11-15(22-2)8-9-17(18)23-3/h4-9,11,13H,10,12H2,1-3H3. The molecule has 1 atom stereocenters. The highest BCUT2D eigenvalue weighted by Gasteiger charge is 2.33. The van der Waals surface area contributed by atoms with Crippen molar-refractivity contribution in [2.45, 2.75) is 18.2 Å². The lowest BCUT2D eigenvalue weighted by atomic mass is 9.96. The van der Waals surface area contributed by atoms with Crippen LogP contribution >= 0.6 is 0 Å². The molecule has 1 aliphatic heterocycles. The van der Waals surface area contributed by atoms with Crippen molar-refractivity contribution in [3.8, 4) is 11.5 Å². The first-order chi connectivity index (χ1) is 11.5. The van der Waals surface area contributed by atoms with E-state index in [0.29, 0.717) is 18.0 Å². The number of fused-ring (bicyclic) bond motifs is 1. The third-order valence-electron chi connectivity index (χ3n) is 4.25. The van der Waals surface area contributed by atoms with E-state index in [4.69, 9.17) is 9.47 Å². The van der Waals surface area contributed by atoms with Crippen LogP contribution in [0, 0.1) is 5.92 Å². The summed E-state index contributed by atoms with van der Waals surface area (Å²) in [6.45, 7) is 2.50. The molecular weight excluding hydrogens is 326 g/mol. The number of anilines is 1. The van der Waals surface area contributed by atoms with E-state index in [1.165, 1.54) is 24.6 Å². The maximum atomic E-state index is 13.3. The number of nitrogens with zero attached hydrogens (tertiary/aromatic N) is 1. The Morgan fingerprint density at radius 2 is 1.83 bits per heavy atom. The summed E-state index contributed by atoms with van der Waals surface area (Å²) in [7, 11) is -0.779. The van der Waals surface area contributed by atoms with Crippen LogP contribution < -0.4 is 13.8 Å². The Labute approximate surface area is 142 Å². The highest BCUT2D eigenvalue weighted by molar-refractivity contribution is 7.93. The molecule has 1 aliphatic rings. The van der Waals surface area contributed by atoms with Gasteiger partial charge in [0.2, 0.25) is 0 Å².